The smallest absolute Gasteiger partial charge is 0.178 e. The van der Waals surface area contributed by atoms with Crippen LogP contribution in [0.2, 0.25) is 0 Å². The first-order valence-corrected chi connectivity index (χ1v) is 3.68. The molecule has 0 spiro atoms. The molecule has 0 N–H and O–H groups in total. The molecule has 2 heteroatoms. The first-order chi connectivity index (χ1) is 4.72. The lowest BCUT2D eigenvalue weighted by Gasteiger charge is -2.01. The number of pyridine rings is 1. The largest absolute Gasteiger partial charge is 1.00 e. The standard InChI is InChI=1S/C9H14N.HI/c1-8(2)10-7-5-4-6-9(10)3;/h4-8H,1-3H3;1H/q+1;/p-1. The first kappa shape index (κ1) is 10.9. The van der Waals surface area contributed by atoms with Crippen molar-refractivity contribution in [3.05, 3.63) is 30.1 Å². The fourth-order valence-corrected chi connectivity index (χ4v) is 1.12. The number of nitrogens with zero attached hydrogens (tertiary/aromatic N) is 1. The molecule has 0 aliphatic rings. The van der Waals surface area contributed by atoms with Crippen LogP contribution in [0.4, 0.5) is 0 Å². The Hall–Kier alpha value is -0.120. The summed E-state index contributed by atoms with van der Waals surface area (Å²) in [4.78, 5) is 0. The van der Waals surface area contributed by atoms with Crippen LogP contribution < -0.4 is 28.5 Å². The van der Waals surface area contributed by atoms with Crippen molar-refractivity contribution in [2.45, 2.75) is 26.8 Å². The van der Waals surface area contributed by atoms with Gasteiger partial charge in [-0.1, -0.05) is 6.07 Å². The molecule has 0 atom stereocenters. The second-order valence-electron chi connectivity index (χ2n) is 2.84. The maximum absolute atomic E-state index is 2.25. The highest BCUT2D eigenvalue weighted by Crippen LogP contribution is 1.94. The molecule has 0 aliphatic carbocycles. The van der Waals surface area contributed by atoms with Crippen LogP contribution in [-0.2, 0) is 0 Å². The van der Waals surface area contributed by atoms with E-state index in [1.165, 1.54) is 5.69 Å². The molecule has 0 saturated carbocycles. The summed E-state index contributed by atoms with van der Waals surface area (Å²) >= 11 is 0. The zero-order chi connectivity index (χ0) is 7.56. The van der Waals surface area contributed by atoms with Gasteiger partial charge in [0.25, 0.3) is 0 Å². The topological polar surface area (TPSA) is 3.88 Å². The summed E-state index contributed by atoms with van der Waals surface area (Å²) in [6.45, 7) is 6.50. The summed E-state index contributed by atoms with van der Waals surface area (Å²) < 4.78 is 2.25. The molecule has 0 unspecified atom stereocenters. The van der Waals surface area contributed by atoms with E-state index < -0.39 is 0 Å². The van der Waals surface area contributed by atoms with E-state index in [9.17, 15) is 0 Å². The molecule has 1 nitrogen and oxygen atoms in total. The molecule has 0 aromatic carbocycles. The fourth-order valence-electron chi connectivity index (χ4n) is 1.12. The Labute approximate surface area is 85.5 Å². The van der Waals surface area contributed by atoms with Crippen molar-refractivity contribution in [2.75, 3.05) is 0 Å². The Morgan fingerprint density at radius 3 is 2.27 bits per heavy atom. The van der Waals surface area contributed by atoms with Gasteiger partial charge in [0.1, 0.15) is 0 Å². The number of hydrogen-bond donors (Lipinski definition) is 0. The summed E-state index contributed by atoms with van der Waals surface area (Å²) in [7, 11) is 0. The monoisotopic (exact) mass is 263 g/mol. The summed E-state index contributed by atoms with van der Waals surface area (Å²) in [6.07, 6.45) is 2.11. The average molecular weight is 263 g/mol. The van der Waals surface area contributed by atoms with E-state index in [4.69, 9.17) is 0 Å². The van der Waals surface area contributed by atoms with Crippen LogP contribution in [0, 0.1) is 6.92 Å². The summed E-state index contributed by atoms with van der Waals surface area (Å²) in [5.74, 6) is 0. The van der Waals surface area contributed by atoms with E-state index in [1.54, 1.807) is 0 Å². The lowest BCUT2D eigenvalue weighted by atomic mass is 10.3. The molecule has 1 heterocycles. The maximum Gasteiger partial charge on any atom is 0.178 e. The summed E-state index contributed by atoms with van der Waals surface area (Å²) in [6, 6.07) is 6.82. The summed E-state index contributed by atoms with van der Waals surface area (Å²) in [5.41, 5.74) is 1.32. The fraction of sp³-hybridized carbons (Fsp3) is 0.444. The zero-order valence-electron chi connectivity index (χ0n) is 7.21. The van der Waals surface area contributed by atoms with Gasteiger partial charge < -0.3 is 24.0 Å². The molecule has 0 fully saturated rings. The molecule has 1 aromatic heterocycles. The lowest BCUT2D eigenvalue weighted by molar-refractivity contribution is -0.721. The van der Waals surface area contributed by atoms with Crippen LogP contribution in [0.15, 0.2) is 24.4 Å². The third kappa shape index (κ3) is 2.77. The second-order valence-corrected chi connectivity index (χ2v) is 2.84. The van der Waals surface area contributed by atoms with Crippen molar-refractivity contribution in [3.8, 4) is 0 Å². The molecule has 1 aromatic rings. The number of aromatic nitrogens is 1. The van der Waals surface area contributed by atoms with Crippen molar-refractivity contribution < 1.29 is 28.5 Å². The highest BCUT2D eigenvalue weighted by molar-refractivity contribution is 4.94. The van der Waals surface area contributed by atoms with Crippen LogP contribution in [0.1, 0.15) is 25.6 Å². The minimum absolute atomic E-state index is 0. The van der Waals surface area contributed by atoms with Crippen LogP contribution in [0.3, 0.4) is 0 Å². The Kier molecular flexibility index (Phi) is 4.65. The maximum atomic E-state index is 2.25. The Morgan fingerprint density at radius 2 is 1.91 bits per heavy atom. The van der Waals surface area contributed by atoms with Crippen LogP contribution in [0.5, 0.6) is 0 Å². The quantitative estimate of drug-likeness (QED) is 0.446. The van der Waals surface area contributed by atoms with Crippen LogP contribution in [-0.4, -0.2) is 0 Å². The van der Waals surface area contributed by atoms with Crippen LogP contribution in [0.25, 0.3) is 0 Å². The number of rotatable bonds is 1. The number of halogens is 1. The van der Waals surface area contributed by atoms with Gasteiger partial charge in [0.2, 0.25) is 0 Å². The van der Waals surface area contributed by atoms with Gasteiger partial charge in [0.15, 0.2) is 17.9 Å². The van der Waals surface area contributed by atoms with Gasteiger partial charge in [-0.3, -0.25) is 0 Å². The third-order valence-electron chi connectivity index (χ3n) is 1.66. The van der Waals surface area contributed by atoms with Crippen molar-refractivity contribution in [3.63, 3.8) is 0 Å². The van der Waals surface area contributed by atoms with Crippen molar-refractivity contribution in [2.24, 2.45) is 0 Å². The lowest BCUT2D eigenvalue weighted by Crippen LogP contribution is -3.00. The van der Waals surface area contributed by atoms with Crippen LogP contribution >= 0.6 is 0 Å². The van der Waals surface area contributed by atoms with E-state index in [1.807, 2.05) is 0 Å². The van der Waals surface area contributed by atoms with Gasteiger partial charge in [0.05, 0.1) is 0 Å². The molecule has 0 radical (unpaired) electrons. The Morgan fingerprint density at radius 1 is 1.27 bits per heavy atom. The second kappa shape index (κ2) is 4.70. The van der Waals surface area contributed by atoms with Gasteiger partial charge in [-0.15, -0.1) is 0 Å². The molecule has 1 rings (SSSR count). The third-order valence-corrected chi connectivity index (χ3v) is 1.66. The van der Waals surface area contributed by atoms with Crippen molar-refractivity contribution in [1.29, 1.82) is 0 Å². The normalized spacial score (nSPS) is 9.45. The van der Waals surface area contributed by atoms with Crippen molar-refractivity contribution in [1.82, 2.24) is 0 Å². The van der Waals surface area contributed by atoms with E-state index >= 15 is 0 Å². The van der Waals surface area contributed by atoms with Gasteiger partial charge in [-0.05, 0) is 13.8 Å². The van der Waals surface area contributed by atoms with Crippen molar-refractivity contribution >= 4 is 0 Å². The number of aryl methyl sites for hydroxylation is 1. The SMILES string of the molecule is Cc1cccc[n+]1C(C)C.[I-]. The van der Waals surface area contributed by atoms with Gasteiger partial charge >= 0.3 is 0 Å². The molecule has 0 aliphatic heterocycles. The molecule has 0 bridgehead atoms. The highest BCUT2D eigenvalue weighted by atomic mass is 127. The number of hydrogen-bond acceptors (Lipinski definition) is 0. The van der Waals surface area contributed by atoms with E-state index in [2.05, 4.69) is 49.7 Å². The Bertz CT molecular complexity index is 221. The predicted octanol–water partition coefficient (Wildman–Crippen LogP) is -1.13. The average Bonchev–Trinajstić information content (AvgIpc) is 1.88. The minimum atomic E-state index is 0. The minimum Gasteiger partial charge on any atom is -1.00 e. The Balaban J connectivity index is 0.000001000. The zero-order valence-corrected chi connectivity index (χ0v) is 9.37. The summed E-state index contributed by atoms with van der Waals surface area (Å²) in [5, 5.41) is 0. The predicted molar refractivity (Wildman–Crippen MR) is 41.8 cm³/mol. The molecular weight excluding hydrogens is 249 g/mol. The highest BCUT2D eigenvalue weighted by Gasteiger charge is 2.06. The molecule has 0 saturated heterocycles. The first-order valence-electron chi connectivity index (χ1n) is 3.68. The van der Waals surface area contributed by atoms with E-state index in [0.29, 0.717) is 6.04 Å². The van der Waals surface area contributed by atoms with Gasteiger partial charge in [-0.2, -0.15) is 0 Å². The van der Waals surface area contributed by atoms with E-state index in [-0.39, 0.29) is 24.0 Å². The molecule has 11 heavy (non-hydrogen) atoms. The van der Waals surface area contributed by atoms with E-state index in [0.717, 1.165) is 0 Å². The van der Waals surface area contributed by atoms with Gasteiger partial charge in [0, 0.05) is 19.1 Å². The molecule has 62 valence electrons. The molecule has 0 amide bonds. The molecular formula is C9H14IN. The van der Waals surface area contributed by atoms with Gasteiger partial charge in [-0.25, -0.2) is 4.57 Å².